The molecule has 0 aromatic heterocycles. The maximum Gasteiger partial charge on any atom is 0.309 e. The van der Waals surface area contributed by atoms with Crippen LogP contribution in [0.4, 0.5) is 0 Å². The molecule has 0 aliphatic heterocycles. The predicted molar refractivity (Wildman–Crippen MR) is 64.3 cm³/mol. The highest BCUT2D eigenvalue weighted by molar-refractivity contribution is 14.1. The summed E-state index contributed by atoms with van der Waals surface area (Å²) in [6.45, 7) is 1.89. The average Bonchev–Trinajstić information content (AvgIpc) is 2.19. The third-order valence-corrected chi connectivity index (χ3v) is 2.30. The zero-order valence-corrected chi connectivity index (χ0v) is 10.2. The van der Waals surface area contributed by atoms with E-state index in [1.54, 1.807) is 0 Å². The molecule has 0 aliphatic rings. The summed E-state index contributed by atoms with van der Waals surface area (Å²) in [7, 11) is 0. The predicted octanol–water partition coefficient (Wildman–Crippen LogP) is 2.80. The molecule has 76 valence electrons. The van der Waals surface area contributed by atoms with E-state index < -0.39 is 0 Å². The van der Waals surface area contributed by atoms with Crippen LogP contribution in [-0.2, 0) is 16.0 Å². The monoisotopic (exact) mass is 304 g/mol. The summed E-state index contributed by atoms with van der Waals surface area (Å²) in [5.74, 6) is -0.185. The Hall–Kier alpha value is -0.580. The van der Waals surface area contributed by atoms with Gasteiger partial charge in [0.2, 0.25) is 0 Å². The summed E-state index contributed by atoms with van der Waals surface area (Å²) >= 11 is 2.02. The van der Waals surface area contributed by atoms with E-state index in [2.05, 4.69) is 0 Å². The largest absolute Gasteiger partial charge is 0.455 e. The first-order chi connectivity index (χ1) is 6.74. The van der Waals surface area contributed by atoms with Gasteiger partial charge in [0.25, 0.3) is 0 Å². The molecule has 0 radical (unpaired) electrons. The van der Waals surface area contributed by atoms with Crippen LogP contribution in [0.2, 0.25) is 0 Å². The van der Waals surface area contributed by atoms with Gasteiger partial charge in [0.1, 0.15) is 4.61 Å². The van der Waals surface area contributed by atoms with Crippen molar-refractivity contribution in [2.24, 2.45) is 5.92 Å². The number of benzene rings is 1. The van der Waals surface area contributed by atoms with Gasteiger partial charge in [-0.25, -0.2) is 0 Å². The van der Waals surface area contributed by atoms with Crippen molar-refractivity contribution in [3.05, 3.63) is 35.9 Å². The number of ether oxygens (including phenoxy) is 1. The topological polar surface area (TPSA) is 26.3 Å². The third kappa shape index (κ3) is 3.65. The SMILES string of the molecule is CC(Cc1ccccc1)C(=O)OCI. The van der Waals surface area contributed by atoms with Crippen molar-refractivity contribution >= 4 is 28.6 Å². The molecule has 0 bridgehead atoms. The molecular weight excluding hydrogens is 291 g/mol. The van der Waals surface area contributed by atoms with E-state index in [4.69, 9.17) is 4.74 Å². The molecule has 0 amide bonds. The molecular formula is C11H13IO2. The average molecular weight is 304 g/mol. The fourth-order valence-corrected chi connectivity index (χ4v) is 1.55. The molecule has 2 nitrogen and oxygen atoms in total. The summed E-state index contributed by atoms with van der Waals surface area (Å²) in [4.78, 5) is 11.3. The van der Waals surface area contributed by atoms with Gasteiger partial charge in [-0.15, -0.1) is 0 Å². The summed E-state index contributed by atoms with van der Waals surface area (Å²) in [6, 6.07) is 9.97. The van der Waals surface area contributed by atoms with Crippen LogP contribution in [0, 0.1) is 5.92 Å². The molecule has 14 heavy (non-hydrogen) atoms. The Morgan fingerprint density at radius 2 is 2.07 bits per heavy atom. The molecule has 1 aromatic carbocycles. The van der Waals surface area contributed by atoms with Crippen LogP contribution in [0.5, 0.6) is 0 Å². The Bertz CT molecular complexity index is 285. The molecule has 0 heterocycles. The van der Waals surface area contributed by atoms with Gasteiger partial charge in [-0.1, -0.05) is 37.3 Å². The van der Waals surface area contributed by atoms with Crippen molar-refractivity contribution in [1.29, 1.82) is 0 Å². The van der Waals surface area contributed by atoms with Gasteiger partial charge < -0.3 is 4.74 Å². The number of hydrogen-bond donors (Lipinski definition) is 0. The summed E-state index contributed by atoms with van der Waals surface area (Å²) < 4.78 is 5.35. The van der Waals surface area contributed by atoms with Crippen molar-refractivity contribution in [2.75, 3.05) is 4.61 Å². The molecule has 3 heteroatoms. The van der Waals surface area contributed by atoms with Crippen LogP contribution >= 0.6 is 22.6 Å². The first kappa shape index (κ1) is 11.5. The second kappa shape index (κ2) is 6.01. The Balaban J connectivity index is 2.49. The van der Waals surface area contributed by atoms with Gasteiger partial charge in [0.15, 0.2) is 0 Å². The molecule has 0 fully saturated rings. The molecule has 0 N–H and O–H groups in total. The van der Waals surface area contributed by atoms with Crippen molar-refractivity contribution < 1.29 is 9.53 Å². The fraction of sp³-hybridized carbons (Fsp3) is 0.364. The molecule has 1 unspecified atom stereocenters. The number of hydrogen-bond acceptors (Lipinski definition) is 2. The number of alkyl halides is 1. The van der Waals surface area contributed by atoms with Crippen molar-refractivity contribution in [3.63, 3.8) is 0 Å². The van der Waals surface area contributed by atoms with Gasteiger partial charge in [0.05, 0.1) is 5.92 Å². The minimum Gasteiger partial charge on any atom is -0.455 e. The van der Waals surface area contributed by atoms with Crippen LogP contribution in [0.15, 0.2) is 30.3 Å². The van der Waals surface area contributed by atoms with Crippen LogP contribution < -0.4 is 0 Å². The lowest BCUT2D eigenvalue weighted by Crippen LogP contribution is -2.16. The first-order valence-corrected chi connectivity index (χ1v) is 6.03. The number of esters is 1. The van der Waals surface area contributed by atoms with Crippen LogP contribution in [0.1, 0.15) is 12.5 Å². The minimum atomic E-state index is -0.122. The lowest BCUT2D eigenvalue weighted by atomic mass is 10.0. The highest BCUT2D eigenvalue weighted by Gasteiger charge is 2.13. The Labute approximate surface area is 97.8 Å². The maximum absolute atomic E-state index is 11.3. The molecule has 1 rings (SSSR count). The van der Waals surface area contributed by atoms with Gasteiger partial charge >= 0.3 is 5.97 Å². The number of carbonyl (C=O) groups excluding carboxylic acids is 1. The summed E-state index contributed by atoms with van der Waals surface area (Å²) in [6.07, 6.45) is 0.746. The van der Waals surface area contributed by atoms with E-state index in [9.17, 15) is 4.79 Å². The van der Waals surface area contributed by atoms with Crippen molar-refractivity contribution in [2.45, 2.75) is 13.3 Å². The number of halogens is 1. The van der Waals surface area contributed by atoms with Crippen molar-refractivity contribution in [3.8, 4) is 0 Å². The minimum absolute atomic E-state index is 0.0628. The highest BCUT2D eigenvalue weighted by atomic mass is 127. The lowest BCUT2D eigenvalue weighted by Gasteiger charge is -2.09. The lowest BCUT2D eigenvalue weighted by molar-refractivity contribution is -0.145. The molecule has 0 saturated carbocycles. The van der Waals surface area contributed by atoms with E-state index in [0.717, 1.165) is 6.42 Å². The summed E-state index contributed by atoms with van der Waals surface area (Å²) in [5, 5.41) is 0. The van der Waals surface area contributed by atoms with Gasteiger partial charge in [-0.3, -0.25) is 4.79 Å². The molecule has 1 aromatic rings. The third-order valence-electron chi connectivity index (χ3n) is 1.98. The molecule has 0 saturated heterocycles. The first-order valence-electron chi connectivity index (χ1n) is 4.50. The quantitative estimate of drug-likeness (QED) is 0.486. The molecule has 1 atom stereocenters. The van der Waals surface area contributed by atoms with Crippen LogP contribution in [-0.4, -0.2) is 10.6 Å². The normalized spacial score (nSPS) is 12.1. The van der Waals surface area contributed by atoms with Gasteiger partial charge in [0, 0.05) is 0 Å². The Morgan fingerprint density at radius 1 is 1.43 bits per heavy atom. The fourth-order valence-electron chi connectivity index (χ4n) is 1.25. The van der Waals surface area contributed by atoms with E-state index in [1.165, 1.54) is 5.56 Å². The van der Waals surface area contributed by atoms with Crippen LogP contribution in [0.3, 0.4) is 0 Å². The Kier molecular flexibility index (Phi) is 4.93. The zero-order valence-electron chi connectivity index (χ0n) is 8.07. The number of carbonyl (C=O) groups is 1. The highest BCUT2D eigenvalue weighted by Crippen LogP contribution is 2.09. The molecule has 0 spiro atoms. The van der Waals surface area contributed by atoms with E-state index in [-0.39, 0.29) is 11.9 Å². The number of rotatable bonds is 4. The van der Waals surface area contributed by atoms with Gasteiger partial charge in [-0.05, 0) is 34.6 Å². The second-order valence-corrected chi connectivity index (χ2v) is 3.79. The Morgan fingerprint density at radius 3 is 2.64 bits per heavy atom. The maximum atomic E-state index is 11.3. The van der Waals surface area contributed by atoms with Gasteiger partial charge in [-0.2, -0.15) is 0 Å². The van der Waals surface area contributed by atoms with E-state index >= 15 is 0 Å². The zero-order chi connectivity index (χ0) is 10.4. The molecule has 0 aliphatic carbocycles. The summed E-state index contributed by atoms with van der Waals surface area (Å²) in [5.41, 5.74) is 1.17. The smallest absolute Gasteiger partial charge is 0.309 e. The van der Waals surface area contributed by atoms with Crippen LogP contribution in [0.25, 0.3) is 0 Å². The van der Waals surface area contributed by atoms with Crippen molar-refractivity contribution in [1.82, 2.24) is 0 Å². The standard InChI is InChI=1S/C11H13IO2/c1-9(11(13)14-8-12)7-10-5-3-2-4-6-10/h2-6,9H,7-8H2,1H3. The second-order valence-electron chi connectivity index (χ2n) is 3.16. The van der Waals surface area contributed by atoms with E-state index in [1.807, 2.05) is 59.8 Å². The van der Waals surface area contributed by atoms with E-state index in [0.29, 0.717) is 4.61 Å².